The quantitative estimate of drug-likeness (QED) is 0.776. The number of pyridine rings is 1. The highest BCUT2D eigenvalue weighted by atomic mass is 16.5. The van der Waals surface area contributed by atoms with Crippen molar-refractivity contribution in [2.24, 2.45) is 0 Å². The van der Waals surface area contributed by atoms with Crippen LogP contribution in [0.1, 0.15) is 19.3 Å². The molecule has 1 aromatic heterocycles. The molecule has 0 aliphatic carbocycles. The minimum Gasteiger partial charge on any atom is -0.497 e. The Hall–Kier alpha value is -2.85. The third kappa shape index (κ3) is 3.99. The molecular weight excluding hydrogens is 366 g/mol. The number of likely N-dealkylation sites (tertiary alicyclic amines) is 2. The van der Waals surface area contributed by atoms with E-state index < -0.39 is 0 Å². The van der Waals surface area contributed by atoms with Crippen molar-refractivity contribution in [1.29, 1.82) is 5.26 Å². The molecule has 2 aromatic rings. The molecule has 2 atom stereocenters. The van der Waals surface area contributed by atoms with E-state index in [9.17, 15) is 10.1 Å². The predicted molar refractivity (Wildman–Crippen MR) is 112 cm³/mol. The summed E-state index contributed by atoms with van der Waals surface area (Å²) < 4.78 is 5.33. The fraction of sp³-hybridized carbons (Fsp3) is 0.500. The maximum atomic E-state index is 12.6. The van der Waals surface area contributed by atoms with Crippen LogP contribution in [0, 0.1) is 11.3 Å². The molecule has 0 saturated carbocycles. The maximum Gasteiger partial charge on any atom is 0.237 e. The van der Waals surface area contributed by atoms with Gasteiger partial charge in [0.25, 0.3) is 0 Å². The molecule has 2 saturated heterocycles. The molecule has 0 N–H and O–H groups in total. The molecular formula is C22H27N5O2. The number of hydrogen-bond donors (Lipinski definition) is 0. The van der Waals surface area contributed by atoms with Crippen molar-refractivity contribution in [2.75, 3.05) is 45.2 Å². The van der Waals surface area contributed by atoms with Crippen LogP contribution >= 0.6 is 0 Å². The monoisotopic (exact) mass is 393 g/mol. The first-order valence-electron chi connectivity index (χ1n) is 10.2. The average Bonchev–Trinajstić information content (AvgIpc) is 3.41. The van der Waals surface area contributed by atoms with E-state index in [-0.39, 0.29) is 11.9 Å². The van der Waals surface area contributed by atoms with Gasteiger partial charge in [0.05, 0.1) is 37.1 Å². The second-order valence-electron chi connectivity index (χ2n) is 7.91. The van der Waals surface area contributed by atoms with Gasteiger partial charge in [0.1, 0.15) is 11.8 Å². The Bertz CT molecular complexity index is 940. The van der Waals surface area contributed by atoms with E-state index in [0.717, 1.165) is 54.7 Å². The second kappa shape index (κ2) is 8.26. The molecule has 0 spiro atoms. The number of nitriles is 1. The van der Waals surface area contributed by atoms with E-state index in [1.54, 1.807) is 12.0 Å². The molecule has 2 aliphatic heterocycles. The van der Waals surface area contributed by atoms with Gasteiger partial charge in [-0.2, -0.15) is 5.26 Å². The first kappa shape index (κ1) is 19.5. The largest absolute Gasteiger partial charge is 0.497 e. The molecule has 2 aliphatic rings. The van der Waals surface area contributed by atoms with Crippen LogP contribution in [0.4, 0.5) is 5.69 Å². The van der Waals surface area contributed by atoms with Crippen LogP contribution in [0.15, 0.2) is 30.5 Å². The van der Waals surface area contributed by atoms with Gasteiger partial charge >= 0.3 is 0 Å². The van der Waals surface area contributed by atoms with Gasteiger partial charge in [0.2, 0.25) is 5.91 Å². The molecule has 0 radical (unpaired) electrons. The summed E-state index contributed by atoms with van der Waals surface area (Å²) in [6, 6.07) is 10.4. The van der Waals surface area contributed by atoms with Gasteiger partial charge in [0, 0.05) is 38.1 Å². The number of anilines is 1. The highest BCUT2D eigenvalue weighted by Crippen LogP contribution is 2.26. The number of carbonyl (C=O) groups excluding carboxylic acids is 1. The van der Waals surface area contributed by atoms with Crippen molar-refractivity contribution >= 4 is 22.5 Å². The summed E-state index contributed by atoms with van der Waals surface area (Å²) in [5.41, 5.74) is 2.01. The molecule has 1 amide bonds. The van der Waals surface area contributed by atoms with Crippen molar-refractivity contribution < 1.29 is 9.53 Å². The summed E-state index contributed by atoms with van der Waals surface area (Å²) in [6.07, 6.45) is 4.63. The second-order valence-corrected chi connectivity index (χ2v) is 7.91. The Morgan fingerprint density at radius 3 is 3.00 bits per heavy atom. The molecule has 29 heavy (non-hydrogen) atoms. The Morgan fingerprint density at radius 2 is 2.21 bits per heavy atom. The van der Waals surface area contributed by atoms with Crippen molar-refractivity contribution in [3.05, 3.63) is 30.5 Å². The molecule has 7 heteroatoms. The zero-order valence-electron chi connectivity index (χ0n) is 17.0. The number of fused-ring (bicyclic) bond motifs is 1. The summed E-state index contributed by atoms with van der Waals surface area (Å²) in [6.45, 7) is 2.83. The zero-order chi connectivity index (χ0) is 20.4. The highest BCUT2D eigenvalue weighted by Gasteiger charge is 2.32. The van der Waals surface area contributed by atoms with Crippen molar-refractivity contribution in [2.45, 2.75) is 31.3 Å². The van der Waals surface area contributed by atoms with Gasteiger partial charge in [-0.15, -0.1) is 0 Å². The third-order valence-corrected chi connectivity index (χ3v) is 6.16. The summed E-state index contributed by atoms with van der Waals surface area (Å²) in [5.74, 6) is 0.902. The number of amides is 1. The summed E-state index contributed by atoms with van der Waals surface area (Å²) in [7, 11) is 3.76. The third-order valence-electron chi connectivity index (χ3n) is 6.16. The van der Waals surface area contributed by atoms with Crippen LogP contribution in [0.5, 0.6) is 5.75 Å². The number of aromatic nitrogens is 1. The van der Waals surface area contributed by atoms with E-state index in [4.69, 9.17) is 4.74 Å². The zero-order valence-corrected chi connectivity index (χ0v) is 17.0. The molecule has 1 unspecified atom stereocenters. The van der Waals surface area contributed by atoms with Gasteiger partial charge in [0.15, 0.2) is 0 Å². The average molecular weight is 393 g/mol. The van der Waals surface area contributed by atoms with Crippen LogP contribution in [0.3, 0.4) is 0 Å². The van der Waals surface area contributed by atoms with Gasteiger partial charge in [-0.1, -0.05) is 0 Å². The first-order valence-corrected chi connectivity index (χ1v) is 10.2. The number of likely N-dealkylation sites (N-methyl/N-ethyl adjacent to an activating group) is 1. The van der Waals surface area contributed by atoms with E-state index >= 15 is 0 Å². The summed E-state index contributed by atoms with van der Waals surface area (Å²) >= 11 is 0. The molecule has 152 valence electrons. The van der Waals surface area contributed by atoms with Gasteiger partial charge < -0.3 is 14.5 Å². The lowest BCUT2D eigenvalue weighted by molar-refractivity contribution is -0.132. The Morgan fingerprint density at radius 1 is 1.34 bits per heavy atom. The Labute approximate surface area is 171 Å². The van der Waals surface area contributed by atoms with Crippen LogP contribution in [0.2, 0.25) is 0 Å². The summed E-state index contributed by atoms with van der Waals surface area (Å²) in [4.78, 5) is 23.4. The maximum absolute atomic E-state index is 12.6. The van der Waals surface area contributed by atoms with Crippen LogP contribution in [-0.2, 0) is 4.79 Å². The van der Waals surface area contributed by atoms with E-state index in [0.29, 0.717) is 19.1 Å². The molecule has 4 rings (SSSR count). The number of rotatable bonds is 5. The number of hydrogen-bond acceptors (Lipinski definition) is 6. The summed E-state index contributed by atoms with van der Waals surface area (Å²) in [5, 5.41) is 10.3. The predicted octanol–water partition coefficient (Wildman–Crippen LogP) is 2.27. The lowest BCUT2D eigenvalue weighted by atomic mass is 10.1. The Balaban J connectivity index is 1.40. The fourth-order valence-electron chi connectivity index (χ4n) is 4.38. The van der Waals surface area contributed by atoms with E-state index in [1.807, 2.05) is 24.4 Å². The lowest BCUT2D eigenvalue weighted by Gasteiger charge is -2.27. The highest BCUT2D eigenvalue weighted by molar-refractivity contribution is 5.83. The lowest BCUT2D eigenvalue weighted by Crippen LogP contribution is -2.42. The molecule has 7 nitrogen and oxygen atoms in total. The van der Waals surface area contributed by atoms with Crippen LogP contribution in [0.25, 0.3) is 10.9 Å². The SMILES string of the molecule is COc1ccc2ncc(N(C)[C@H]3CCN(CC(=O)N4CCCC4C#N)C3)cc2c1. The molecule has 2 fully saturated rings. The fourth-order valence-corrected chi connectivity index (χ4v) is 4.38. The number of carbonyl (C=O) groups is 1. The molecule has 0 bridgehead atoms. The first-order chi connectivity index (χ1) is 14.1. The van der Waals surface area contributed by atoms with Gasteiger partial charge in [-0.05, 0) is 43.5 Å². The molecule has 1 aromatic carbocycles. The number of methoxy groups -OCH3 is 1. The van der Waals surface area contributed by atoms with Gasteiger partial charge in [-0.25, -0.2) is 0 Å². The number of ether oxygens (including phenoxy) is 1. The smallest absolute Gasteiger partial charge is 0.237 e. The van der Waals surface area contributed by atoms with Crippen LogP contribution in [-0.4, -0.2) is 73.1 Å². The normalized spacial score (nSPS) is 22.0. The molecule has 3 heterocycles. The van der Waals surface area contributed by atoms with Crippen molar-refractivity contribution in [3.8, 4) is 11.8 Å². The minimum atomic E-state index is -0.246. The standard InChI is InChI=1S/C22H27N5O2/c1-25(19-10-16-11-20(29-2)5-6-21(16)24-13-19)18-7-9-26(14-18)15-22(28)27-8-3-4-17(27)12-23/h5-6,10-11,13,17-18H,3-4,7-9,14-15H2,1-2H3/t17?,18-/m0/s1. The number of nitrogens with zero attached hydrogens (tertiary/aromatic N) is 5. The number of benzene rings is 1. The van der Waals surface area contributed by atoms with Crippen molar-refractivity contribution in [3.63, 3.8) is 0 Å². The minimum absolute atomic E-state index is 0.0804. The topological polar surface area (TPSA) is 72.7 Å². The van der Waals surface area contributed by atoms with E-state index in [1.165, 1.54) is 0 Å². The van der Waals surface area contributed by atoms with Crippen molar-refractivity contribution in [1.82, 2.24) is 14.8 Å². The van der Waals surface area contributed by atoms with E-state index in [2.05, 4.69) is 34.0 Å². The Kier molecular flexibility index (Phi) is 5.54. The van der Waals surface area contributed by atoms with Gasteiger partial charge in [-0.3, -0.25) is 14.7 Å². The van der Waals surface area contributed by atoms with Crippen LogP contribution < -0.4 is 9.64 Å².